The highest BCUT2D eigenvalue weighted by Crippen LogP contribution is 2.17. The molecule has 1 heterocycles. The molecule has 0 spiro atoms. The van der Waals surface area contributed by atoms with Gasteiger partial charge in [-0.3, -0.25) is 4.79 Å². The lowest BCUT2D eigenvalue weighted by Crippen LogP contribution is -2.41. The van der Waals surface area contributed by atoms with Gasteiger partial charge in [-0.2, -0.15) is 5.26 Å². The molecule has 0 fully saturated rings. The number of hydrogen-bond donors (Lipinski definition) is 1. The van der Waals surface area contributed by atoms with Crippen molar-refractivity contribution in [1.82, 2.24) is 10.3 Å². The van der Waals surface area contributed by atoms with Crippen molar-refractivity contribution >= 4 is 5.91 Å². The SMILES string of the molecule is CC(C)c1nc(C(=O)NC(C)(C)C)ccc1C#N. The third-order valence-corrected chi connectivity index (χ3v) is 2.31. The lowest BCUT2D eigenvalue weighted by molar-refractivity contribution is 0.0914. The van der Waals surface area contributed by atoms with E-state index >= 15 is 0 Å². The molecule has 1 aromatic heterocycles. The van der Waals surface area contributed by atoms with Crippen LogP contribution >= 0.6 is 0 Å². The average Bonchev–Trinajstić information content (AvgIpc) is 2.25. The first-order valence-electron chi connectivity index (χ1n) is 5.98. The first kappa shape index (κ1) is 14.2. The maximum Gasteiger partial charge on any atom is 0.270 e. The summed E-state index contributed by atoms with van der Waals surface area (Å²) in [5.74, 6) is -0.101. The zero-order chi connectivity index (χ0) is 13.9. The largest absolute Gasteiger partial charge is 0.346 e. The summed E-state index contributed by atoms with van der Waals surface area (Å²) >= 11 is 0. The number of pyridine rings is 1. The lowest BCUT2D eigenvalue weighted by atomic mass is 10.0. The minimum absolute atomic E-state index is 0.113. The second-order valence-corrected chi connectivity index (χ2v) is 5.60. The molecule has 96 valence electrons. The molecule has 0 atom stereocenters. The standard InChI is InChI=1S/C14H19N3O/c1-9(2)12-10(8-15)6-7-11(16-12)13(18)17-14(3,4)5/h6-7,9H,1-5H3,(H,17,18). The van der Waals surface area contributed by atoms with Crippen LogP contribution in [0.25, 0.3) is 0 Å². The van der Waals surface area contributed by atoms with Gasteiger partial charge in [-0.15, -0.1) is 0 Å². The van der Waals surface area contributed by atoms with Crippen LogP contribution in [0.2, 0.25) is 0 Å². The van der Waals surface area contributed by atoms with Crippen molar-refractivity contribution in [3.8, 4) is 6.07 Å². The van der Waals surface area contributed by atoms with Gasteiger partial charge >= 0.3 is 0 Å². The Morgan fingerprint density at radius 3 is 2.44 bits per heavy atom. The summed E-state index contributed by atoms with van der Waals surface area (Å²) in [6.45, 7) is 9.65. The molecule has 4 nitrogen and oxygen atoms in total. The van der Waals surface area contributed by atoms with Crippen LogP contribution in [0.15, 0.2) is 12.1 Å². The first-order chi connectivity index (χ1) is 8.24. The highest BCUT2D eigenvalue weighted by Gasteiger charge is 2.18. The van der Waals surface area contributed by atoms with Crippen LogP contribution in [-0.2, 0) is 0 Å². The Hall–Kier alpha value is -1.89. The molecule has 0 aliphatic heterocycles. The summed E-state index contributed by atoms with van der Waals surface area (Å²) < 4.78 is 0. The van der Waals surface area contributed by atoms with Crippen LogP contribution in [0.1, 0.15) is 62.3 Å². The minimum Gasteiger partial charge on any atom is -0.346 e. The summed E-state index contributed by atoms with van der Waals surface area (Å²) in [4.78, 5) is 16.3. The van der Waals surface area contributed by atoms with Gasteiger partial charge in [0.15, 0.2) is 0 Å². The fourth-order valence-electron chi connectivity index (χ4n) is 1.54. The van der Waals surface area contributed by atoms with Gasteiger partial charge in [0.25, 0.3) is 5.91 Å². The Morgan fingerprint density at radius 1 is 1.39 bits per heavy atom. The van der Waals surface area contributed by atoms with Crippen molar-refractivity contribution in [2.75, 3.05) is 0 Å². The summed E-state index contributed by atoms with van der Waals surface area (Å²) in [5, 5.41) is 11.8. The molecule has 0 saturated heterocycles. The molecule has 0 aliphatic rings. The normalized spacial score (nSPS) is 11.2. The smallest absolute Gasteiger partial charge is 0.270 e. The number of carbonyl (C=O) groups is 1. The maximum absolute atomic E-state index is 12.0. The van der Waals surface area contributed by atoms with Crippen molar-refractivity contribution in [3.63, 3.8) is 0 Å². The van der Waals surface area contributed by atoms with E-state index in [1.807, 2.05) is 34.6 Å². The second-order valence-electron chi connectivity index (χ2n) is 5.60. The van der Waals surface area contributed by atoms with E-state index in [4.69, 9.17) is 5.26 Å². The van der Waals surface area contributed by atoms with E-state index in [1.165, 1.54) is 0 Å². The van der Waals surface area contributed by atoms with Crippen molar-refractivity contribution in [2.45, 2.75) is 46.1 Å². The molecule has 0 bridgehead atoms. The molecular formula is C14H19N3O. The average molecular weight is 245 g/mol. The van der Waals surface area contributed by atoms with Gasteiger partial charge in [-0.05, 0) is 38.8 Å². The van der Waals surface area contributed by atoms with Crippen LogP contribution in [0, 0.1) is 11.3 Å². The predicted molar refractivity (Wildman–Crippen MR) is 70.3 cm³/mol. The Morgan fingerprint density at radius 2 is 2.00 bits per heavy atom. The van der Waals surface area contributed by atoms with E-state index in [0.717, 1.165) is 0 Å². The van der Waals surface area contributed by atoms with Crippen molar-refractivity contribution in [1.29, 1.82) is 5.26 Å². The highest BCUT2D eigenvalue weighted by atomic mass is 16.2. The third kappa shape index (κ3) is 3.56. The molecule has 0 aliphatic carbocycles. The van der Waals surface area contributed by atoms with Crippen LogP contribution < -0.4 is 5.32 Å². The van der Waals surface area contributed by atoms with Crippen LogP contribution in [0.3, 0.4) is 0 Å². The highest BCUT2D eigenvalue weighted by molar-refractivity contribution is 5.92. The summed E-state index contributed by atoms with van der Waals surface area (Å²) in [6, 6.07) is 5.34. The topological polar surface area (TPSA) is 65.8 Å². The molecule has 18 heavy (non-hydrogen) atoms. The molecule has 1 amide bonds. The number of aromatic nitrogens is 1. The van der Waals surface area contributed by atoms with Gasteiger partial charge in [0.2, 0.25) is 0 Å². The molecule has 1 N–H and O–H groups in total. The number of hydrogen-bond acceptors (Lipinski definition) is 3. The quantitative estimate of drug-likeness (QED) is 0.871. The van der Waals surface area contributed by atoms with E-state index in [2.05, 4.69) is 16.4 Å². The lowest BCUT2D eigenvalue weighted by Gasteiger charge is -2.20. The van der Waals surface area contributed by atoms with Gasteiger partial charge < -0.3 is 5.32 Å². The van der Waals surface area contributed by atoms with Gasteiger partial charge in [-0.25, -0.2) is 4.98 Å². The number of rotatable bonds is 2. The second kappa shape index (κ2) is 5.18. The molecule has 0 saturated carbocycles. The fourth-order valence-corrected chi connectivity index (χ4v) is 1.54. The zero-order valence-electron chi connectivity index (χ0n) is 11.5. The van der Waals surface area contributed by atoms with Gasteiger partial charge in [-0.1, -0.05) is 13.8 Å². The molecule has 4 heteroatoms. The van der Waals surface area contributed by atoms with Gasteiger partial charge in [0.1, 0.15) is 11.8 Å². The van der Waals surface area contributed by atoms with Crippen LogP contribution in [0.4, 0.5) is 0 Å². The number of carbonyl (C=O) groups excluding carboxylic acids is 1. The number of nitrogens with zero attached hydrogens (tertiary/aromatic N) is 2. The van der Waals surface area contributed by atoms with E-state index in [0.29, 0.717) is 17.0 Å². The number of nitriles is 1. The summed E-state index contributed by atoms with van der Waals surface area (Å²) in [6.07, 6.45) is 0. The minimum atomic E-state index is -0.301. The number of amides is 1. The van der Waals surface area contributed by atoms with E-state index in [-0.39, 0.29) is 17.4 Å². The Labute approximate surface area is 108 Å². The molecule has 0 aromatic carbocycles. The molecule has 0 unspecified atom stereocenters. The fraction of sp³-hybridized carbons (Fsp3) is 0.500. The molecule has 0 radical (unpaired) electrons. The predicted octanol–water partition coefficient (Wildman–Crippen LogP) is 2.60. The summed E-state index contributed by atoms with van der Waals surface area (Å²) in [5.41, 5.74) is 1.24. The molecule has 1 rings (SSSR count). The van der Waals surface area contributed by atoms with E-state index in [1.54, 1.807) is 12.1 Å². The van der Waals surface area contributed by atoms with Crippen molar-refractivity contribution < 1.29 is 4.79 Å². The van der Waals surface area contributed by atoms with Crippen molar-refractivity contribution in [2.24, 2.45) is 0 Å². The van der Waals surface area contributed by atoms with Crippen LogP contribution in [-0.4, -0.2) is 16.4 Å². The Kier molecular flexibility index (Phi) is 4.07. The van der Waals surface area contributed by atoms with E-state index < -0.39 is 0 Å². The van der Waals surface area contributed by atoms with Gasteiger partial charge in [0, 0.05) is 5.54 Å². The summed E-state index contributed by atoms with van der Waals surface area (Å²) in [7, 11) is 0. The van der Waals surface area contributed by atoms with Gasteiger partial charge in [0.05, 0.1) is 11.3 Å². The monoisotopic (exact) mass is 245 g/mol. The number of nitrogens with one attached hydrogen (secondary N) is 1. The Bertz CT molecular complexity index is 493. The third-order valence-electron chi connectivity index (χ3n) is 2.31. The van der Waals surface area contributed by atoms with E-state index in [9.17, 15) is 4.79 Å². The molecular weight excluding hydrogens is 226 g/mol. The zero-order valence-corrected chi connectivity index (χ0v) is 11.5. The first-order valence-corrected chi connectivity index (χ1v) is 5.98. The van der Waals surface area contributed by atoms with Crippen LogP contribution in [0.5, 0.6) is 0 Å². The molecule has 1 aromatic rings. The van der Waals surface area contributed by atoms with Crippen molar-refractivity contribution in [3.05, 3.63) is 29.1 Å². The maximum atomic E-state index is 12.0. The Balaban J connectivity index is 3.10.